The van der Waals surface area contributed by atoms with E-state index in [-0.39, 0.29) is 0 Å². The van der Waals surface area contributed by atoms with Crippen molar-refractivity contribution in [3.63, 3.8) is 0 Å². The van der Waals surface area contributed by atoms with Crippen molar-refractivity contribution in [3.8, 4) is 0 Å². The van der Waals surface area contributed by atoms with E-state index in [4.69, 9.17) is 4.74 Å². The van der Waals surface area contributed by atoms with Crippen LogP contribution in [0.15, 0.2) is 0 Å². The first-order chi connectivity index (χ1) is 11.3. The molecule has 0 saturated carbocycles. The Balaban J connectivity index is 1.34. The van der Waals surface area contributed by atoms with Crippen LogP contribution in [0.5, 0.6) is 0 Å². The van der Waals surface area contributed by atoms with Gasteiger partial charge in [-0.25, -0.2) is 0 Å². The monoisotopic (exact) mass is 321 g/mol. The van der Waals surface area contributed by atoms with Crippen LogP contribution in [0.3, 0.4) is 0 Å². The molecule has 5 heteroatoms. The average molecular weight is 321 g/mol. The minimum Gasteiger partial charge on any atom is -0.381 e. The maximum atomic E-state index is 12.5. The molecule has 3 atom stereocenters. The van der Waals surface area contributed by atoms with E-state index >= 15 is 0 Å². The normalized spacial score (nSPS) is 36.1. The fourth-order valence-corrected chi connectivity index (χ4v) is 5.07. The van der Waals surface area contributed by atoms with Crippen LogP contribution in [0.25, 0.3) is 0 Å². The van der Waals surface area contributed by atoms with Crippen molar-refractivity contribution in [1.29, 1.82) is 0 Å². The van der Waals surface area contributed by atoms with Crippen LogP contribution in [0.1, 0.15) is 38.5 Å². The largest absolute Gasteiger partial charge is 0.381 e. The van der Waals surface area contributed by atoms with E-state index < -0.39 is 0 Å². The molecule has 0 aromatic heterocycles. The van der Waals surface area contributed by atoms with E-state index in [0.29, 0.717) is 23.9 Å². The highest BCUT2D eigenvalue weighted by molar-refractivity contribution is 5.77. The number of rotatable bonds is 5. The molecule has 4 heterocycles. The van der Waals surface area contributed by atoms with Crippen molar-refractivity contribution < 1.29 is 9.53 Å². The third-order valence-corrected chi connectivity index (χ3v) is 6.37. The zero-order valence-corrected chi connectivity index (χ0v) is 14.3. The number of hydrogen-bond acceptors (Lipinski definition) is 4. The Bertz CT molecular complexity index is 418. The molecule has 5 nitrogen and oxygen atoms in total. The Morgan fingerprint density at radius 3 is 2.65 bits per heavy atom. The lowest BCUT2D eigenvalue weighted by Gasteiger charge is -2.41. The number of carbonyl (C=O) groups excluding carboxylic acids is 1. The molecular formula is C18H31N3O2. The number of fused-ring (bicyclic) bond motifs is 1. The number of likely N-dealkylation sites (tertiary alicyclic amines) is 3. The predicted octanol–water partition coefficient (Wildman–Crippen LogP) is 1.18. The average Bonchev–Trinajstić information content (AvgIpc) is 3.29. The Morgan fingerprint density at radius 1 is 1.00 bits per heavy atom. The minimum absolute atomic E-state index is 0.400. The summed E-state index contributed by atoms with van der Waals surface area (Å²) >= 11 is 0. The first-order valence-electron chi connectivity index (χ1n) is 9.65. The highest BCUT2D eigenvalue weighted by atomic mass is 16.5. The lowest BCUT2D eigenvalue weighted by molar-refractivity contribution is -0.138. The molecule has 0 aromatic rings. The van der Waals surface area contributed by atoms with Crippen molar-refractivity contribution in [1.82, 2.24) is 14.7 Å². The molecule has 0 aliphatic carbocycles. The summed E-state index contributed by atoms with van der Waals surface area (Å²) < 4.78 is 5.54. The number of piperidine rings is 1. The van der Waals surface area contributed by atoms with Gasteiger partial charge in [0.2, 0.25) is 5.91 Å². The summed E-state index contributed by atoms with van der Waals surface area (Å²) in [5.74, 6) is 1.11. The van der Waals surface area contributed by atoms with Gasteiger partial charge in [-0.2, -0.15) is 0 Å². The number of hydrogen-bond donors (Lipinski definition) is 0. The Hall–Kier alpha value is -0.650. The summed E-state index contributed by atoms with van der Waals surface area (Å²) in [6, 6.07) is 1.08. The summed E-state index contributed by atoms with van der Waals surface area (Å²) in [5, 5.41) is 0. The van der Waals surface area contributed by atoms with Gasteiger partial charge in [0.25, 0.3) is 0 Å². The first kappa shape index (κ1) is 15.9. The minimum atomic E-state index is 0.400. The van der Waals surface area contributed by atoms with Crippen LogP contribution < -0.4 is 0 Å². The highest BCUT2D eigenvalue weighted by Gasteiger charge is 2.43. The van der Waals surface area contributed by atoms with Crippen LogP contribution in [0.2, 0.25) is 0 Å². The molecule has 4 rings (SSSR count). The van der Waals surface area contributed by atoms with Crippen LogP contribution in [-0.4, -0.2) is 85.2 Å². The third-order valence-electron chi connectivity index (χ3n) is 6.37. The molecule has 23 heavy (non-hydrogen) atoms. The van der Waals surface area contributed by atoms with Gasteiger partial charge in [0.05, 0.1) is 6.61 Å². The Labute approximate surface area is 139 Å². The lowest BCUT2D eigenvalue weighted by atomic mass is 9.95. The van der Waals surface area contributed by atoms with Crippen molar-refractivity contribution in [3.05, 3.63) is 0 Å². The molecule has 4 saturated heterocycles. The van der Waals surface area contributed by atoms with Gasteiger partial charge in [0, 0.05) is 51.3 Å². The first-order valence-corrected chi connectivity index (χ1v) is 9.65. The number of nitrogens with zero attached hydrogens (tertiary/aromatic N) is 3. The SMILES string of the molecule is O=C1CC[C@H]2[C@H](CCN2C[C@@H]2CCOC2)N1CCN1CCCC1. The highest BCUT2D eigenvalue weighted by Crippen LogP contribution is 2.32. The molecule has 4 aliphatic rings. The van der Waals surface area contributed by atoms with E-state index in [0.717, 1.165) is 39.1 Å². The van der Waals surface area contributed by atoms with E-state index in [1.54, 1.807) is 0 Å². The standard InChI is InChI=1S/C18H31N3O2/c22-18-4-3-16-17(21(18)11-10-19-7-1-2-8-19)5-9-20(16)13-15-6-12-23-14-15/h15-17H,1-14H2/t15-,16-,17-/m0/s1. The Kier molecular flexibility index (Phi) is 4.88. The second kappa shape index (κ2) is 7.08. The molecule has 130 valence electrons. The van der Waals surface area contributed by atoms with Crippen LogP contribution in [-0.2, 0) is 9.53 Å². The fourth-order valence-electron chi connectivity index (χ4n) is 5.07. The second-order valence-electron chi connectivity index (χ2n) is 7.82. The van der Waals surface area contributed by atoms with E-state index in [1.807, 2.05) is 0 Å². The summed E-state index contributed by atoms with van der Waals surface area (Å²) in [7, 11) is 0. The summed E-state index contributed by atoms with van der Waals surface area (Å²) in [5.41, 5.74) is 0. The molecule has 0 bridgehead atoms. The van der Waals surface area contributed by atoms with E-state index in [1.165, 1.54) is 51.9 Å². The maximum Gasteiger partial charge on any atom is 0.222 e. The van der Waals surface area contributed by atoms with Crippen LogP contribution >= 0.6 is 0 Å². The number of carbonyl (C=O) groups is 1. The summed E-state index contributed by atoms with van der Waals surface area (Å²) in [6.45, 7) is 8.69. The zero-order chi connectivity index (χ0) is 15.6. The topological polar surface area (TPSA) is 36.0 Å². The third kappa shape index (κ3) is 3.42. The van der Waals surface area contributed by atoms with Crippen molar-refractivity contribution in [2.75, 3.05) is 52.5 Å². The molecule has 0 spiro atoms. The second-order valence-corrected chi connectivity index (χ2v) is 7.82. The van der Waals surface area contributed by atoms with E-state index in [2.05, 4.69) is 14.7 Å². The van der Waals surface area contributed by atoms with Crippen molar-refractivity contribution >= 4 is 5.91 Å². The van der Waals surface area contributed by atoms with Gasteiger partial charge in [0.1, 0.15) is 0 Å². The molecule has 0 unspecified atom stereocenters. The van der Waals surface area contributed by atoms with Crippen LogP contribution in [0.4, 0.5) is 0 Å². The molecule has 0 N–H and O–H groups in total. The predicted molar refractivity (Wildman–Crippen MR) is 89.3 cm³/mol. The lowest BCUT2D eigenvalue weighted by Crippen LogP contribution is -2.54. The zero-order valence-electron chi connectivity index (χ0n) is 14.3. The summed E-state index contributed by atoms with van der Waals surface area (Å²) in [6.07, 6.45) is 6.86. The van der Waals surface area contributed by atoms with E-state index in [9.17, 15) is 4.79 Å². The van der Waals surface area contributed by atoms with Gasteiger partial charge in [0.15, 0.2) is 0 Å². The molecule has 1 amide bonds. The molecule has 0 aromatic carbocycles. The smallest absolute Gasteiger partial charge is 0.222 e. The van der Waals surface area contributed by atoms with Crippen molar-refractivity contribution in [2.24, 2.45) is 5.92 Å². The Morgan fingerprint density at radius 2 is 1.87 bits per heavy atom. The molecule has 4 aliphatic heterocycles. The molecule has 0 radical (unpaired) electrons. The van der Waals surface area contributed by atoms with Crippen LogP contribution in [0, 0.1) is 5.92 Å². The van der Waals surface area contributed by atoms with Gasteiger partial charge in [-0.05, 0) is 51.1 Å². The number of amides is 1. The maximum absolute atomic E-state index is 12.5. The van der Waals surface area contributed by atoms with Gasteiger partial charge in [-0.3, -0.25) is 9.69 Å². The molecule has 4 fully saturated rings. The van der Waals surface area contributed by atoms with Gasteiger partial charge >= 0.3 is 0 Å². The van der Waals surface area contributed by atoms with Gasteiger partial charge in [-0.1, -0.05) is 0 Å². The number of ether oxygens (including phenoxy) is 1. The quantitative estimate of drug-likeness (QED) is 0.762. The summed E-state index contributed by atoms with van der Waals surface area (Å²) in [4.78, 5) is 19.9. The molecular weight excluding hydrogens is 290 g/mol. The fraction of sp³-hybridized carbons (Fsp3) is 0.944. The van der Waals surface area contributed by atoms with Crippen molar-refractivity contribution in [2.45, 2.75) is 50.6 Å². The van der Waals surface area contributed by atoms with Gasteiger partial charge in [-0.15, -0.1) is 0 Å². The van der Waals surface area contributed by atoms with Gasteiger partial charge < -0.3 is 14.5 Å².